The number of carbonyl (C=O) groups is 2. The number of methoxy groups -OCH3 is 2. The molecule has 1 aliphatic rings. The number of amides is 1. The SMILES string of the molecule is COc1cccc(OC)c1C(=O)N1CCN(CC(=O)C(C)(C)C)CC1. The van der Waals surface area contributed by atoms with Gasteiger partial charge in [-0.05, 0) is 12.1 Å². The Morgan fingerprint density at radius 2 is 1.52 bits per heavy atom. The smallest absolute Gasteiger partial charge is 0.261 e. The van der Waals surface area contributed by atoms with E-state index in [1.54, 1.807) is 37.3 Å². The molecular formula is C19H28N2O4. The molecule has 1 fully saturated rings. The Morgan fingerprint density at radius 3 is 1.96 bits per heavy atom. The molecule has 0 spiro atoms. The van der Waals surface area contributed by atoms with Gasteiger partial charge in [-0.25, -0.2) is 0 Å². The average molecular weight is 348 g/mol. The van der Waals surface area contributed by atoms with Crippen molar-refractivity contribution in [2.75, 3.05) is 46.9 Å². The van der Waals surface area contributed by atoms with E-state index in [0.29, 0.717) is 49.8 Å². The van der Waals surface area contributed by atoms with Gasteiger partial charge in [-0.1, -0.05) is 26.8 Å². The van der Waals surface area contributed by atoms with Gasteiger partial charge < -0.3 is 14.4 Å². The zero-order valence-corrected chi connectivity index (χ0v) is 15.8. The quantitative estimate of drug-likeness (QED) is 0.815. The van der Waals surface area contributed by atoms with Crippen molar-refractivity contribution in [2.45, 2.75) is 20.8 Å². The maximum absolute atomic E-state index is 12.9. The molecule has 0 atom stereocenters. The van der Waals surface area contributed by atoms with Crippen LogP contribution in [0.4, 0.5) is 0 Å². The summed E-state index contributed by atoms with van der Waals surface area (Å²) in [4.78, 5) is 29.0. The first-order chi connectivity index (χ1) is 11.8. The second-order valence-electron chi connectivity index (χ2n) is 7.28. The molecule has 6 heteroatoms. The molecule has 1 heterocycles. The van der Waals surface area contributed by atoms with Crippen molar-refractivity contribution in [2.24, 2.45) is 5.41 Å². The van der Waals surface area contributed by atoms with Gasteiger partial charge in [0.15, 0.2) is 5.78 Å². The van der Waals surface area contributed by atoms with Crippen LogP contribution in [0.1, 0.15) is 31.1 Å². The van der Waals surface area contributed by atoms with E-state index in [4.69, 9.17) is 9.47 Å². The topological polar surface area (TPSA) is 59.1 Å². The summed E-state index contributed by atoms with van der Waals surface area (Å²) in [6, 6.07) is 5.31. The molecular weight excluding hydrogens is 320 g/mol. The Hall–Kier alpha value is -2.08. The van der Waals surface area contributed by atoms with Gasteiger partial charge >= 0.3 is 0 Å². The minimum atomic E-state index is -0.336. The van der Waals surface area contributed by atoms with Gasteiger partial charge in [0.25, 0.3) is 5.91 Å². The first-order valence-electron chi connectivity index (χ1n) is 8.54. The summed E-state index contributed by atoms with van der Waals surface area (Å²) in [5.74, 6) is 1.14. The Balaban J connectivity index is 2.04. The summed E-state index contributed by atoms with van der Waals surface area (Å²) >= 11 is 0. The molecule has 25 heavy (non-hydrogen) atoms. The van der Waals surface area contributed by atoms with E-state index in [-0.39, 0.29) is 17.1 Å². The van der Waals surface area contributed by atoms with E-state index in [1.165, 1.54) is 0 Å². The van der Waals surface area contributed by atoms with Crippen LogP contribution in [0, 0.1) is 5.41 Å². The highest BCUT2D eigenvalue weighted by Crippen LogP contribution is 2.30. The molecule has 1 aromatic carbocycles. The van der Waals surface area contributed by atoms with Crippen molar-refractivity contribution in [1.29, 1.82) is 0 Å². The summed E-state index contributed by atoms with van der Waals surface area (Å²) in [5, 5.41) is 0. The van der Waals surface area contributed by atoms with Gasteiger partial charge in [-0.2, -0.15) is 0 Å². The Morgan fingerprint density at radius 1 is 1.00 bits per heavy atom. The van der Waals surface area contributed by atoms with Crippen LogP contribution in [0.15, 0.2) is 18.2 Å². The van der Waals surface area contributed by atoms with E-state index in [2.05, 4.69) is 4.90 Å². The van der Waals surface area contributed by atoms with Crippen molar-refractivity contribution >= 4 is 11.7 Å². The van der Waals surface area contributed by atoms with Crippen LogP contribution in [0.2, 0.25) is 0 Å². The molecule has 1 amide bonds. The predicted octanol–water partition coefficient (Wildman–Crippen LogP) is 2.08. The van der Waals surface area contributed by atoms with E-state index >= 15 is 0 Å². The lowest BCUT2D eigenvalue weighted by Crippen LogP contribution is -2.50. The Bertz CT molecular complexity index is 607. The van der Waals surface area contributed by atoms with Gasteiger partial charge in [0.1, 0.15) is 17.1 Å². The second kappa shape index (κ2) is 7.87. The maximum Gasteiger partial charge on any atom is 0.261 e. The van der Waals surface area contributed by atoms with Gasteiger partial charge in [0, 0.05) is 31.6 Å². The van der Waals surface area contributed by atoms with E-state index in [1.807, 2.05) is 20.8 Å². The number of Topliss-reactive ketones (excluding diaryl/α,β-unsaturated/α-hetero) is 1. The van der Waals surface area contributed by atoms with Crippen molar-refractivity contribution in [3.63, 3.8) is 0 Å². The molecule has 0 bridgehead atoms. The number of ketones is 1. The van der Waals surface area contributed by atoms with Crippen LogP contribution in [0.5, 0.6) is 11.5 Å². The maximum atomic E-state index is 12.9. The number of nitrogens with zero attached hydrogens (tertiary/aromatic N) is 2. The molecule has 0 saturated carbocycles. The second-order valence-corrected chi connectivity index (χ2v) is 7.28. The molecule has 6 nitrogen and oxygen atoms in total. The number of rotatable bonds is 5. The summed E-state index contributed by atoms with van der Waals surface area (Å²) in [7, 11) is 3.09. The van der Waals surface area contributed by atoms with E-state index < -0.39 is 0 Å². The molecule has 1 aromatic rings. The van der Waals surface area contributed by atoms with Crippen molar-refractivity contribution in [3.05, 3.63) is 23.8 Å². The van der Waals surface area contributed by atoms with Gasteiger partial charge in [0.2, 0.25) is 0 Å². The minimum Gasteiger partial charge on any atom is -0.496 e. The lowest BCUT2D eigenvalue weighted by molar-refractivity contribution is -0.127. The number of ether oxygens (including phenoxy) is 2. The molecule has 1 aliphatic heterocycles. The zero-order valence-electron chi connectivity index (χ0n) is 15.8. The number of hydrogen-bond donors (Lipinski definition) is 0. The lowest BCUT2D eigenvalue weighted by Gasteiger charge is -2.35. The van der Waals surface area contributed by atoms with Crippen LogP contribution in [0.3, 0.4) is 0 Å². The monoisotopic (exact) mass is 348 g/mol. The lowest BCUT2D eigenvalue weighted by atomic mass is 9.90. The third kappa shape index (κ3) is 4.51. The number of piperazine rings is 1. The number of carbonyl (C=O) groups excluding carboxylic acids is 2. The fraction of sp³-hybridized carbons (Fsp3) is 0.579. The van der Waals surface area contributed by atoms with E-state index in [9.17, 15) is 9.59 Å². The molecule has 1 saturated heterocycles. The largest absolute Gasteiger partial charge is 0.496 e. The number of benzene rings is 1. The highest BCUT2D eigenvalue weighted by atomic mass is 16.5. The molecule has 138 valence electrons. The molecule has 0 unspecified atom stereocenters. The third-order valence-electron chi connectivity index (χ3n) is 4.50. The minimum absolute atomic E-state index is 0.101. The average Bonchev–Trinajstić information content (AvgIpc) is 2.60. The first kappa shape index (κ1) is 19.2. The van der Waals surface area contributed by atoms with Crippen LogP contribution >= 0.6 is 0 Å². The molecule has 0 aromatic heterocycles. The Kier molecular flexibility index (Phi) is 6.06. The summed E-state index contributed by atoms with van der Waals surface area (Å²) in [5.41, 5.74) is 0.115. The van der Waals surface area contributed by atoms with Crippen LogP contribution in [-0.4, -0.2) is 68.4 Å². The summed E-state index contributed by atoms with van der Waals surface area (Å²) in [6.07, 6.45) is 0. The van der Waals surface area contributed by atoms with Crippen LogP contribution < -0.4 is 9.47 Å². The van der Waals surface area contributed by atoms with Crippen LogP contribution in [0.25, 0.3) is 0 Å². The molecule has 0 N–H and O–H groups in total. The molecule has 2 rings (SSSR count). The van der Waals surface area contributed by atoms with Crippen molar-refractivity contribution in [3.8, 4) is 11.5 Å². The fourth-order valence-corrected chi connectivity index (χ4v) is 2.77. The van der Waals surface area contributed by atoms with Crippen molar-refractivity contribution in [1.82, 2.24) is 9.80 Å². The normalized spacial score (nSPS) is 15.8. The fourth-order valence-electron chi connectivity index (χ4n) is 2.77. The zero-order chi connectivity index (χ0) is 18.6. The van der Waals surface area contributed by atoms with Crippen molar-refractivity contribution < 1.29 is 19.1 Å². The predicted molar refractivity (Wildman–Crippen MR) is 96.4 cm³/mol. The van der Waals surface area contributed by atoms with Gasteiger partial charge in [-0.3, -0.25) is 14.5 Å². The van der Waals surface area contributed by atoms with Gasteiger partial charge in [0.05, 0.1) is 20.8 Å². The Labute approximate surface area is 149 Å². The first-order valence-corrected chi connectivity index (χ1v) is 8.54. The van der Waals surface area contributed by atoms with Gasteiger partial charge in [-0.15, -0.1) is 0 Å². The highest BCUT2D eigenvalue weighted by Gasteiger charge is 2.29. The summed E-state index contributed by atoms with van der Waals surface area (Å²) < 4.78 is 10.7. The summed E-state index contributed by atoms with van der Waals surface area (Å²) in [6.45, 7) is 8.77. The highest BCUT2D eigenvalue weighted by molar-refractivity contribution is 5.99. The number of hydrogen-bond acceptors (Lipinski definition) is 5. The van der Waals surface area contributed by atoms with Crippen LogP contribution in [-0.2, 0) is 4.79 Å². The molecule has 0 radical (unpaired) electrons. The van der Waals surface area contributed by atoms with E-state index in [0.717, 1.165) is 0 Å². The molecule has 0 aliphatic carbocycles. The standard InChI is InChI=1S/C19H28N2O4/c1-19(2,3)16(22)13-20-9-11-21(12-10-20)18(23)17-14(24-4)7-6-8-15(17)25-5/h6-8H,9-13H2,1-5H3. The third-order valence-corrected chi connectivity index (χ3v) is 4.50.